The smallest absolute Gasteiger partial charge is 0.191 e. The van der Waals surface area contributed by atoms with Crippen molar-refractivity contribution in [2.45, 2.75) is 19.0 Å². The number of benzene rings is 1. The van der Waals surface area contributed by atoms with Crippen LogP contribution in [0.3, 0.4) is 0 Å². The topological polar surface area (TPSA) is 70.4 Å². The van der Waals surface area contributed by atoms with Crippen molar-refractivity contribution in [1.82, 2.24) is 25.4 Å². The molecule has 2 aromatic rings. The lowest BCUT2D eigenvalue weighted by Crippen LogP contribution is -2.44. The van der Waals surface area contributed by atoms with E-state index in [1.165, 1.54) is 24.5 Å². The molecule has 0 bridgehead atoms. The number of nitrogens with one attached hydrogen (secondary N) is 2. The number of guanidine groups is 1. The van der Waals surface area contributed by atoms with Gasteiger partial charge in [-0.05, 0) is 18.6 Å². The molecule has 1 atom stereocenters. The molecule has 1 aliphatic heterocycles. The Morgan fingerprint density at radius 3 is 2.69 bits per heavy atom. The summed E-state index contributed by atoms with van der Waals surface area (Å²) < 4.78 is 29.5. The Labute approximate surface area is 167 Å². The number of hydrogen-bond donors (Lipinski definition) is 2. The summed E-state index contributed by atoms with van der Waals surface area (Å²) in [4.78, 5) is 10.0. The average Bonchev–Trinajstić information content (AvgIpc) is 3.20. The van der Waals surface area contributed by atoms with E-state index in [9.17, 15) is 8.78 Å². The van der Waals surface area contributed by atoms with Crippen LogP contribution < -0.4 is 15.5 Å². The van der Waals surface area contributed by atoms with E-state index in [-0.39, 0.29) is 35.7 Å². The van der Waals surface area contributed by atoms with E-state index in [0.29, 0.717) is 25.6 Å². The highest BCUT2D eigenvalue weighted by Gasteiger charge is 2.27. The summed E-state index contributed by atoms with van der Waals surface area (Å²) in [5, 5.41) is 10.5. The minimum atomic E-state index is -0.537. The van der Waals surface area contributed by atoms with Crippen LogP contribution in [0.25, 0.3) is 0 Å². The van der Waals surface area contributed by atoms with Gasteiger partial charge in [-0.15, -0.1) is 24.0 Å². The second-order valence-corrected chi connectivity index (χ2v) is 5.87. The fourth-order valence-electron chi connectivity index (χ4n) is 2.90. The highest BCUT2D eigenvalue weighted by atomic mass is 127. The van der Waals surface area contributed by atoms with Gasteiger partial charge in [-0.1, -0.05) is 6.07 Å². The van der Waals surface area contributed by atoms with Gasteiger partial charge in [0.1, 0.15) is 29.5 Å². The van der Waals surface area contributed by atoms with Gasteiger partial charge in [0, 0.05) is 33.2 Å². The summed E-state index contributed by atoms with van der Waals surface area (Å²) in [7, 11) is 3.49. The molecule has 3 rings (SSSR count). The molecule has 1 aromatic carbocycles. The maximum Gasteiger partial charge on any atom is 0.191 e. The third-order valence-corrected chi connectivity index (χ3v) is 4.23. The van der Waals surface area contributed by atoms with Gasteiger partial charge in [0.05, 0.1) is 6.54 Å². The molecule has 0 aliphatic carbocycles. The molecular formula is C16H22F2IN7. The SMILES string of the molecule is CN=C(NCc1ncnn1C)NC1CCN(c2c(F)cccc2F)C1.I. The minimum absolute atomic E-state index is 0. The second kappa shape index (κ2) is 9.10. The van der Waals surface area contributed by atoms with E-state index in [0.717, 1.165) is 12.2 Å². The normalized spacial score (nSPS) is 17.2. The predicted molar refractivity (Wildman–Crippen MR) is 107 cm³/mol. The summed E-state index contributed by atoms with van der Waals surface area (Å²) in [6, 6.07) is 3.98. The molecule has 2 heterocycles. The number of nitrogens with zero attached hydrogens (tertiary/aromatic N) is 5. The molecule has 1 unspecified atom stereocenters. The van der Waals surface area contributed by atoms with Crippen molar-refractivity contribution in [2.75, 3.05) is 25.0 Å². The van der Waals surface area contributed by atoms with Crippen molar-refractivity contribution in [3.63, 3.8) is 0 Å². The Morgan fingerprint density at radius 1 is 1.35 bits per heavy atom. The third-order valence-electron chi connectivity index (χ3n) is 4.23. The molecule has 142 valence electrons. The van der Waals surface area contributed by atoms with Crippen LogP contribution in [-0.4, -0.2) is 46.9 Å². The Balaban J connectivity index is 0.00000243. The van der Waals surface area contributed by atoms with Gasteiger partial charge in [-0.25, -0.2) is 13.8 Å². The first-order valence-electron chi connectivity index (χ1n) is 8.07. The standard InChI is InChI=1S/C16H21F2N7.HI/c1-19-16(20-8-14-21-10-22-24(14)2)23-11-6-7-25(9-11)15-12(17)4-3-5-13(15)18;/h3-5,10-11H,6-9H2,1-2H3,(H2,19,20,23);1H. The third kappa shape index (κ3) is 4.59. The number of hydrogen-bond acceptors (Lipinski definition) is 4. The summed E-state index contributed by atoms with van der Waals surface area (Å²) in [5.41, 5.74) is 0.0360. The van der Waals surface area contributed by atoms with Crippen LogP contribution >= 0.6 is 24.0 Å². The lowest BCUT2D eigenvalue weighted by Gasteiger charge is -2.21. The molecule has 0 saturated carbocycles. The Bertz CT molecular complexity index is 745. The van der Waals surface area contributed by atoms with Crippen LogP contribution in [-0.2, 0) is 13.6 Å². The van der Waals surface area contributed by atoms with Crippen LogP contribution in [0.15, 0.2) is 29.5 Å². The van der Waals surface area contributed by atoms with E-state index in [4.69, 9.17) is 0 Å². The molecule has 0 amide bonds. The van der Waals surface area contributed by atoms with Crippen molar-refractivity contribution in [3.8, 4) is 0 Å². The first-order chi connectivity index (χ1) is 12.1. The van der Waals surface area contributed by atoms with Gasteiger partial charge >= 0.3 is 0 Å². The molecule has 0 radical (unpaired) electrons. The number of aromatic nitrogens is 3. The first kappa shape index (κ1) is 20.3. The van der Waals surface area contributed by atoms with E-state index < -0.39 is 11.6 Å². The van der Waals surface area contributed by atoms with Crippen molar-refractivity contribution < 1.29 is 8.78 Å². The van der Waals surface area contributed by atoms with Crippen LogP contribution in [0, 0.1) is 11.6 Å². The van der Waals surface area contributed by atoms with Gasteiger partial charge in [0.15, 0.2) is 5.96 Å². The Morgan fingerprint density at radius 2 is 2.08 bits per heavy atom. The van der Waals surface area contributed by atoms with E-state index in [2.05, 4.69) is 25.7 Å². The van der Waals surface area contributed by atoms with Crippen LogP contribution in [0.5, 0.6) is 0 Å². The lowest BCUT2D eigenvalue weighted by atomic mass is 10.2. The van der Waals surface area contributed by atoms with Gasteiger partial charge in [-0.2, -0.15) is 5.10 Å². The highest BCUT2D eigenvalue weighted by molar-refractivity contribution is 14.0. The molecule has 10 heteroatoms. The zero-order valence-corrected chi connectivity index (χ0v) is 16.9. The van der Waals surface area contributed by atoms with Crippen LogP contribution in [0.2, 0.25) is 0 Å². The monoisotopic (exact) mass is 477 g/mol. The molecule has 2 N–H and O–H groups in total. The summed E-state index contributed by atoms with van der Waals surface area (Å²) in [5.74, 6) is 0.323. The molecule has 1 aliphatic rings. The summed E-state index contributed by atoms with van der Waals surface area (Å²) >= 11 is 0. The maximum atomic E-state index is 13.9. The number of halogens is 3. The Kier molecular flexibility index (Phi) is 7.12. The molecule has 1 aromatic heterocycles. The molecule has 1 fully saturated rings. The zero-order valence-electron chi connectivity index (χ0n) is 14.6. The summed E-state index contributed by atoms with van der Waals surface area (Å²) in [6.45, 7) is 1.56. The summed E-state index contributed by atoms with van der Waals surface area (Å²) in [6.07, 6.45) is 2.25. The first-order valence-corrected chi connectivity index (χ1v) is 8.07. The van der Waals surface area contributed by atoms with Crippen molar-refractivity contribution in [3.05, 3.63) is 42.0 Å². The molecular weight excluding hydrogens is 455 g/mol. The number of para-hydroxylation sites is 1. The quantitative estimate of drug-likeness (QED) is 0.399. The number of aryl methyl sites for hydroxylation is 1. The van der Waals surface area contributed by atoms with Gasteiger partial charge < -0.3 is 15.5 Å². The van der Waals surface area contributed by atoms with E-state index in [1.54, 1.807) is 16.6 Å². The highest BCUT2D eigenvalue weighted by Crippen LogP contribution is 2.26. The van der Waals surface area contributed by atoms with E-state index in [1.807, 2.05) is 7.05 Å². The van der Waals surface area contributed by atoms with Crippen molar-refractivity contribution in [2.24, 2.45) is 12.0 Å². The second-order valence-electron chi connectivity index (χ2n) is 5.87. The van der Waals surface area contributed by atoms with E-state index >= 15 is 0 Å². The average molecular weight is 477 g/mol. The van der Waals surface area contributed by atoms with Crippen molar-refractivity contribution >= 4 is 35.6 Å². The van der Waals surface area contributed by atoms with Crippen LogP contribution in [0.1, 0.15) is 12.2 Å². The minimum Gasteiger partial charge on any atom is -0.365 e. The lowest BCUT2D eigenvalue weighted by molar-refractivity contribution is 0.575. The fourth-order valence-corrected chi connectivity index (χ4v) is 2.90. The molecule has 1 saturated heterocycles. The largest absolute Gasteiger partial charge is 0.365 e. The number of anilines is 1. The van der Waals surface area contributed by atoms with Gasteiger partial charge in [-0.3, -0.25) is 9.67 Å². The van der Waals surface area contributed by atoms with Gasteiger partial charge in [0.25, 0.3) is 0 Å². The van der Waals surface area contributed by atoms with Crippen molar-refractivity contribution in [1.29, 1.82) is 0 Å². The molecule has 26 heavy (non-hydrogen) atoms. The maximum absolute atomic E-state index is 13.9. The fraction of sp³-hybridized carbons (Fsp3) is 0.438. The number of aliphatic imine (C=N–C) groups is 1. The zero-order chi connectivity index (χ0) is 17.8. The Hall–Kier alpha value is -1.98. The van der Waals surface area contributed by atoms with Crippen LogP contribution in [0.4, 0.5) is 14.5 Å². The number of rotatable bonds is 4. The predicted octanol–water partition coefficient (Wildman–Crippen LogP) is 1.66. The molecule has 7 nitrogen and oxygen atoms in total. The van der Waals surface area contributed by atoms with Gasteiger partial charge in [0.2, 0.25) is 0 Å². The molecule has 0 spiro atoms.